The number of aryl methyl sites for hydroxylation is 1. The molecule has 0 unspecified atom stereocenters. The summed E-state index contributed by atoms with van der Waals surface area (Å²) in [6.45, 7) is 0. The molecule has 0 fully saturated rings. The normalized spacial score (nSPS) is 10.1. The van der Waals surface area contributed by atoms with Gasteiger partial charge in [0.05, 0.1) is 7.11 Å². The van der Waals surface area contributed by atoms with Crippen LogP contribution in [0.4, 0.5) is 5.69 Å². The van der Waals surface area contributed by atoms with Crippen LogP contribution in [0.3, 0.4) is 0 Å². The zero-order chi connectivity index (χ0) is 14.2. The van der Waals surface area contributed by atoms with E-state index in [0.29, 0.717) is 6.42 Å². The maximum atomic E-state index is 11.8. The lowest BCUT2D eigenvalue weighted by Gasteiger charge is -2.05. The summed E-state index contributed by atoms with van der Waals surface area (Å²) in [5, 5.41) is 2.89. The Labute approximate surface area is 119 Å². The van der Waals surface area contributed by atoms with Crippen LogP contribution in [0.1, 0.15) is 18.4 Å². The van der Waals surface area contributed by atoms with Gasteiger partial charge >= 0.3 is 0 Å². The van der Waals surface area contributed by atoms with Crippen molar-refractivity contribution in [2.75, 3.05) is 12.4 Å². The largest absolute Gasteiger partial charge is 0.497 e. The Kier molecular flexibility index (Phi) is 5.18. The maximum absolute atomic E-state index is 11.8. The number of carbonyl (C=O) groups excluding carboxylic acids is 1. The van der Waals surface area contributed by atoms with Crippen LogP contribution in [-0.4, -0.2) is 13.0 Å². The summed E-state index contributed by atoms with van der Waals surface area (Å²) in [6.07, 6.45) is 2.26. The van der Waals surface area contributed by atoms with Gasteiger partial charge < -0.3 is 10.1 Å². The number of carbonyl (C=O) groups is 1. The molecule has 2 aromatic carbocycles. The Morgan fingerprint density at radius 3 is 2.40 bits per heavy atom. The molecule has 2 aromatic rings. The monoisotopic (exact) mass is 269 g/mol. The van der Waals surface area contributed by atoms with Gasteiger partial charge in [0.25, 0.3) is 0 Å². The fourth-order valence-corrected chi connectivity index (χ4v) is 1.99. The maximum Gasteiger partial charge on any atom is 0.224 e. The van der Waals surface area contributed by atoms with Gasteiger partial charge in [0.2, 0.25) is 5.91 Å². The van der Waals surface area contributed by atoms with E-state index < -0.39 is 0 Å². The number of amides is 1. The minimum Gasteiger partial charge on any atom is -0.497 e. The molecule has 2 rings (SSSR count). The first-order valence-corrected chi connectivity index (χ1v) is 6.76. The molecule has 3 heteroatoms. The first-order chi connectivity index (χ1) is 9.78. The molecule has 0 saturated carbocycles. The van der Waals surface area contributed by atoms with Gasteiger partial charge in [-0.2, -0.15) is 0 Å². The molecule has 0 bridgehead atoms. The summed E-state index contributed by atoms with van der Waals surface area (Å²) in [4.78, 5) is 11.8. The van der Waals surface area contributed by atoms with Gasteiger partial charge in [-0.05, 0) is 42.7 Å². The van der Waals surface area contributed by atoms with Crippen LogP contribution in [0, 0.1) is 0 Å². The van der Waals surface area contributed by atoms with Crippen LogP contribution in [0.2, 0.25) is 0 Å². The third kappa shape index (κ3) is 4.43. The average Bonchev–Trinajstić information content (AvgIpc) is 2.49. The van der Waals surface area contributed by atoms with E-state index in [4.69, 9.17) is 4.74 Å². The van der Waals surface area contributed by atoms with Crippen LogP contribution in [0.15, 0.2) is 54.6 Å². The Morgan fingerprint density at radius 2 is 1.75 bits per heavy atom. The molecule has 0 spiro atoms. The molecule has 1 N–H and O–H groups in total. The van der Waals surface area contributed by atoms with Crippen LogP contribution in [0.5, 0.6) is 5.75 Å². The van der Waals surface area contributed by atoms with Gasteiger partial charge in [0.15, 0.2) is 0 Å². The highest BCUT2D eigenvalue weighted by atomic mass is 16.5. The van der Waals surface area contributed by atoms with Crippen LogP contribution < -0.4 is 10.1 Å². The first-order valence-electron chi connectivity index (χ1n) is 6.76. The second kappa shape index (κ2) is 7.34. The highest BCUT2D eigenvalue weighted by Crippen LogP contribution is 2.13. The van der Waals surface area contributed by atoms with Crippen molar-refractivity contribution in [3.63, 3.8) is 0 Å². The summed E-state index contributed by atoms with van der Waals surface area (Å²) in [7, 11) is 1.66. The Morgan fingerprint density at radius 1 is 1.05 bits per heavy atom. The number of hydrogen-bond donors (Lipinski definition) is 1. The number of nitrogens with one attached hydrogen (secondary N) is 1. The lowest BCUT2D eigenvalue weighted by Crippen LogP contribution is -2.11. The van der Waals surface area contributed by atoms with Gasteiger partial charge in [-0.1, -0.05) is 30.3 Å². The summed E-state index contributed by atoms with van der Waals surface area (Å²) in [5.41, 5.74) is 2.07. The SMILES string of the molecule is COc1ccc(CCCC(=O)Nc2ccccc2)cc1. The molecule has 1 amide bonds. The van der Waals surface area contributed by atoms with Gasteiger partial charge in [0, 0.05) is 12.1 Å². The highest BCUT2D eigenvalue weighted by molar-refractivity contribution is 5.90. The summed E-state index contributed by atoms with van der Waals surface area (Å²) < 4.78 is 5.11. The fraction of sp³-hybridized carbons (Fsp3) is 0.235. The molecule has 104 valence electrons. The van der Waals surface area contributed by atoms with Gasteiger partial charge in [0.1, 0.15) is 5.75 Å². The average molecular weight is 269 g/mol. The fourth-order valence-electron chi connectivity index (χ4n) is 1.99. The number of anilines is 1. The van der Waals surface area contributed by atoms with E-state index >= 15 is 0 Å². The van der Waals surface area contributed by atoms with Crippen molar-refractivity contribution >= 4 is 11.6 Å². The van der Waals surface area contributed by atoms with Crippen molar-refractivity contribution in [2.45, 2.75) is 19.3 Å². The van der Waals surface area contributed by atoms with Crippen molar-refractivity contribution in [1.82, 2.24) is 0 Å². The Balaban J connectivity index is 1.73. The lowest BCUT2D eigenvalue weighted by molar-refractivity contribution is -0.116. The van der Waals surface area contributed by atoms with E-state index in [1.165, 1.54) is 5.56 Å². The second-order valence-electron chi connectivity index (χ2n) is 4.62. The van der Waals surface area contributed by atoms with Gasteiger partial charge in [-0.3, -0.25) is 4.79 Å². The quantitative estimate of drug-likeness (QED) is 0.869. The molecule has 20 heavy (non-hydrogen) atoms. The Hall–Kier alpha value is -2.29. The van der Waals surface area contributed by atoms with E-state index in [0.717, 1.165) is 24.3 Å². The van der Waals surface area contributed by atoms with Crippen LogP contribution in [-0.2, 0) is 11.2 Å². The van der Waals surface area contributed by atoms with Crippen molar-refractivity contribution in [1.29, 1.82) is 0 Å². The van der Waals surface area contributed by atoms with E-state index in [-0.39, 0.29) is 5.91 Å². The molecule has 0 heterocycles. The topological polar surface area (TPSA) is 38.3 Å². The van der Waals surface area contributed by atoms with Crippen molar-refractivity contribution < 1.29 is 9.53 Å². The van der Waals surface area contributed by atoms with Gasteiger partial charge in [-0.15, -0.1) is 0 Å². The summed E-state index contributed by atoms with van der Waals surface area (Å²) in [6, 6.07) is 17.5. The third-order valence-electron chi connectivity index (χ3n) is 3.09. The molecule has 3 nitrogen and oxygen atoms in total. The molecule has 0 aliphatic rings. The van der Waals surface area contributed by atoms with Crippen molar-refractivity contribution in [2.24, 2.45) is 0 Å². The first kappa shape index (κ1) is 14.1. The molecule has 0 aromatic heterocycles. The molecule has 0 aliphatic heterocycles. The molecule has 0 radical (unpaired) electrons. The van der Waals surface area contributed by atoms with E-state index in [1.54, 1.807) is 7.11 Å². The van der Waals surface area contributed by atoms with Gasteiger partial charge in [-0.25, -0.2) is 0 Å². The predicted molar refractivity (Wildman–Crippen MR) is 81.0 cm³/mol. The predicted octanol–water partition coefficient (Wildman–Crippen LogP) is 3.66. The zero-order valence-electron chi connectivity index (χ0n) is 11.6. The minimum atomic E-state index is 0.0599. The number of methoxy groups -OCH3 is 1. The molecular formula is C17H19NO2. The van der Waals surface area contributed by atoms with Crippen molar-refractivity contribution in [3.05, 3.63) is 60.2 Å². The number of para-hydroxylation sites is 1. The van der Waals surface area contributed by atoms with Crippen LogP contribution >= 0.6 is 0 Å². The van der Waals surface area contributed by atoms with E-state index in [1.807, 2.05) is 54.6 Å². The van der Waals surface area contributed by atoms with E-state index in [2.05, 4.69) is 5.32 Å². The molecular weight excluding hydrogens is 250 g/mol. The summed E-state index contributed by atoms with van der Waals surface area (Å²) in [5.74, 6) is 0.917. The third-order valence-corrected chi connectivity index (χ3v) is 3.09. The second-order valence-corrected chi connectivity index (χ2v) is 4.62. The molecule has 0 aliphatic carbocycles. The lowest BCUT2D eigenvalue weighted by atomic mass is 10.1. The van der Waals surface area contributed by atoms with E-state index in [9.17, 15) is 4.79 Å². The number of hydrogen-bond acceptors (Lipinski definition) is 2. The Bertz CT molecular complexity index is 535. The zero-order valence-corrected chi connectivity index (χ0v) is 11.6. The number of benzene rings is 2. The summed E-state index contributed by atoms with van der Waals surface area (Å²) >= 11 is 0. The number of ether oxygens (including phenoxy) is 1. The highest BCUT2D eigenvalue weighted by Gasteiger charge is 2.02. The van der Waals surface area contributed by atoms with Crippen LogP contribution in [0.25, 0.3) is 0 Å². The minimum absolute atomic E-state index is 0.0599. The smallest absolute Gasteiger partial charge is 0.224 e. The number of rotatable bonds is 6. The van der Waals surface area contributed by atoms with Crippen molar-refractivity contribution in [3.8, 4) is 5.75 Å². The molecule has 0 atom stereocenters. The standard InChI is InChI=1S/C17H19NO2/c1-20-16-12-10-14(11-13-16)6-5-9-17(19)18-15-7-3-2-4-8-15/h2-4,7-8,10-13H,5-6,9H2,1H3,(H,18,19). The molecule has 0 saturated heterocycles.